The third kappa shape index (κ3) is 3.25. The molecular formula is C16H13BrN2O2. The predicted molar refractivity (Wildman–Crippen MR) is 85.1 cm³/mol. The minimum atomic E-state index is 0.246. The summed E-state index contributed by atoms with van der Waals surface area (Å²) in [6, 6.07) is 13.4. The summed E-state index contributed by atoms with van der Waals surface area (Å²) in [7, 11) is 0. The van der Waals surface area contributed by atoms with E-state index in [2.05, 4.69) is 26.2 Å². The number of oxazole rings is 1. The molecule has 1 heterocycles. The molecule has 0 aliphatic rings. The monoisotopic (exact) mass is 344 g/mol. The summed E-state index contributed by atoms with van der Waals surface area (Å²) in [6.45, 7) is 0.681. The first-order chi connectivity index (χ1) is 10.2. The molecule has 0 bridgehead atoms. The first-order valence-electron chi connectivity index (χ1n) is 6.42. The van der Waals surface area contributed by atoms with E-state index in [1.54, 1.807) is 12.3 Å². The van der Waals surface area contributed by atoms with Gasteiger partial charge in [0.2, 0.25) is 0 Å². The maximum Gasteiger partial charge on any atom is 0.181 e. The predicted octanol–water partition coefficient (Wildman–Crippen LogP) is 4.42. The van der Waals surface area contributed by atoms with E-state index in [0.29, 0.717) is 11.0 Å². The zero-order valence-corrected chi connectivity index (χ0v) is 12.7. The molecular weight excluding hydrogens is 332 g/mol. The minimum absolute atomic E-state index is 0.246. The molecule has 0 aliphatic heterocycles. The molecule has 0 radical (unpaired) electrons. The molecule has 106 valence electrons. The Morgan fingerprint density at radius 3 is 2.62 bits per heavy atom. The number of hydrogen-bond donors (Lipinski definition) is 2. The Balaban J connectivity index is 1.66. The Kier molecular flexibility index (Phi) is 3.92. The van der Waals surface area contributed by atoms with Crippen LogP contribution in [-0.4, -0.2) is 10.1 Å². The van der Waals surface area contributed by atoms with E-state index in [-0.39, 0.29) is 5.75 Å². The molecule has 0 amide bonds. The first kappa shape index (κ1) is 13.7. The molecule has 3 aromatic rings. The second-order valence-electron chi connectivity index (χ2n) is 4.58. The zero-order valence-electron chi connectivity index (χ0n) is 11.1. The van der Waals surface area contributed by atoms with Crippen molar-refractivity contribution in [1.82, 2.24) is 4.98 Å². The summed E-state index contributed by atoms with van der Waals surface area (Å²) in [5.41, 5.74) is 3.09. The lowest BCUT2D eigenvalue weighted by Gasteiger charge is -2.08. The van der Waals surface area contributed by atoms with E-state index in [4.69, 9.17) is 4.42 Å². The fraction of sp³-hybridized carbons (Fsp3) is 0.0625. The molecule has 2 aromatic carbocycles. The van der Waals surface area contributed by atoms with E-state index in [1.807, 2.05) is 36.4 Å². The quantitative estimate of drug-likeness (QED) is 0.735. The van der Waals surface area contributed by atoms with Gasteiger partial charge in [0.05, 0.1) is 10.7 Å². The maximum absolute atomic E-state index is 9.47. The van der Waals surface area contributed by atoms with E-state index in [0.717, 1.165) is 22.6 Å². The van der Waals surface area contributed by atoms with Gasteiger partial charge < -0.3 is 14.8 Å². The standard InChI is InChI=1S/C16H13BrN2O2/c17-14-7-11(1-6-15(14)20)8-19-13-4-2-12(3-5-13)16-9-18-10-21-16/h1-7,9-10,19-20H,8H2. The largest absolute Gasteiger partial charge is 0.507 e. The van der Waals surface area contributed by atoms with Gasteiger partial charge in [-0.15, -0.1) is 0 Å². The van der Waals surface area contributed by atoms with Crippen LogP contribution in [0, 0.1) is 0 Å². The van der Waals surface area contributed by atoms with E-state index < -0.39 is 0 Å². The highest BCUT2D eigenvalue weighted by molar-refractivity contribution is 9.10. The first-order valence-corrected chi connectivity index (χ1v) is 7.22. The molecule has 4 nitrogen and oxygen atoms in total. The Labute approximate surface area is 130 Å². The van der Waals surface area contributed by atoms with Crippen molar-refractivity contribution < 1.29 is 9.52 Å². The van der Waals surface area contributed by atoms with Gasteiger partial charge in [0, 0.05) is 17.8 Å². The number of halogens is 1. The Morgan fingerprint density at radius 2 is 1.95 bits per heavy atom. The van der Waals surface area contributed by atoms with Gasteiger partial charge in [0.1, 0.15) is 5.75 Å². The normalized spacial score (nSPS) is 10.5. The van der Waals surface area contributed by atoms with Crippen molar-refractivity contribution in [3.05, 3.63) is 65.1 Å². The van der Waals surface area contributed by atoms with Crippen molar-refractivity contribution in [2.45, 2.75) is 6.54 Å². The molecule has 0 unspecified atom stereocenters. The van der Waals surface area contributed by atoms with Crippen molar-refractivity contribution in [2.24, 2.45) is 0 Å². The fourth-order valence-electron chi connectivity index (χ4n) is 1.98. The summed E-state index contributed by atoms with van der Waals surface area (Å²) in [5.74, 6) is 0.999. The minimum Gasteiger partial charge on any atom is -0.507 e. The van der Waals surface area contributed by atoms with Crippen LogP contribution in [0.3, 0.4) is 0 Å². The van der Waals surface area contributed by atoms with Gasteiger partial charge in [-0.05, 0) is 57.9 Å². The van der Waals surface area contributed by atoms with Crippen LogP contribution in [0.2, 0.25) is 0 Å². The molecule has 0 spiro atoms. The fourth-order valence-corrected chi connectivity index (χ4v) is 2.40. The second-order valence-corrected chi connectivity index (χ2v) is 5.44. The number of benzene rings is 2. The smallest absolute Gasteiger partial charge is 0.181 e. The van der Waals surface area contributed by atoms with Gasteiger partial charge >= 0.3 is 0 Å². The highest BCUT2D eigenvalue weighted by Gasteiger charge is 2.02. The van der Waals surface area contributed by atoms with Crippen LogP contribution in [0.5, 0.6) is 5.75 Å². The molecule has 3 rings (SSSR count). The van der Waals surface area contributed by atoms with Crippen molar-refractivity contribution in [3.63, 3.8) is 0 Å². The number of hydrogen-bond acceptors (Lipinski definition) is 4. The number of rotatable bonds is 4. The maximum atomic E-state index is 9.47. The van der Waals surface area contributed by atoms with Gasteiger partial charge in [-0.25, -0.2) is 4.98 Å². The number of nitrogens with one attached hydrogen (secondary N) is 1. The van der Waals surface area contributed by atoms with E-state index in [1.165, 1.54) is 6.39 Å². The third-order valence-corrected chi connectivity index (χ3v) is 3.75. The molecule has 0 saturated carbocycles. The Morgan fingerprint density at radius 1 is 1.14 bits per heavy atom. The molecule has 0 saturated heterocycles. The van der Waals surface area contributed by atoms with Crippen molar-refractivity contribution in [1.29, 1.82) is 0 Å². The van der Waals surface area contributed by atoms with Gasteiger partial charge in [0.15, 0.2) is 12.2 Å². The number of phenolic OH excluding ortho intramolecular Hbond substituents is 1. The van der Waals surface area contributed by atoms with Crippen LogP contribution in [0.1, 0.15) is 5.56 Å². The summed E-state index contributed by atoms with van der Waals surface area (Å²) in [5, 5.41) is 12.8. The lowest BCUT2D eigenvalue weighted by molar-refractivity contribution is 0.471. The topological polar surface area (TPSA) is 58.3 Å². The van der Waals surface area contributed by atoms with Crippen molar-refractivity contribution >= 4 is 21.6 Å². The second kappa shape index (κ2) is 6.01. The number of phenols is 1. The van der Waals surface area contributed by atoms with Crippen LogP contribution in [0.4, 0.5) is 5.69 Å². The lowest BCUT2D eigenvalue weighted by atomic mass is 10.1. The van der Waals surface area contributed by atoms with Crippen LogP contribution in [0.15, 0.2) is 63.9 Å². The number of aromatic nitrogens is 1. The number of aromatic hydroxyl groups is 1. The van der Waals surface area contributed by atoms with Gasteiger partial charge in [0.25, 0.3) is 0 Å². The average molecular weight is 345 g/mol. The highest BCUT2D eigenvalue weighted by atomic mass is 79.9. The molecule has 5 heteroatoms. The average Bonchev–Trinajstić information content (AvgIpc) is 3.03. The summed E-state index contributed by atoms with van der Waals surface area (Å²) < 4.78 is 5.95. The third-order valence-electron chi connectivity index (χ3n) is 3.11. The molecule has 1 aromatic heterocycles. The Bertz CT molecular complexity index is 725. The summed E-state index contributed by atoms with van der Waals surface area (Å²) in [4.78, 5) is 3.91. The molecule has 0 fully saturated rings. The molecule has 21 heavy (non-hydrogen) atoms. The SMILES string of the molecule is Oc1ccc(CNc2ccc(-c3cnco3)cc2)cc1Br. The summed E-state index contributed by atoms with van der Waals surface area (Å²) >= 11 is 3.31. The van der Waals surface area contributed by atoms with Crippen LogP contribution in [-0.2, 0) is 6.54 Å². The van der Waals surface area contributed by atoms with Gasteiger partial charge in [-0.2, -0.15) is 0 Å². The zero-order chi connectivity index (χ0) is 14.7. The Hall–Kier alpha value is -2.27. The van der Waals surface area contributed by atoms with Crippen LogP contribution in [0.25, 0.3) is 11.3 Å². The van der Waals surface area contributed by atoms with E-state index >= 15 is 0 Å². The molecule has 0 aliphatic carbocycles. The van der Waals surface area contributed by atoms with Gasteiger partial charge in [-0.3, -0.25) is 0 Å². The summed E-state index contributed by atoms with van der Waals surface area (Å²) in [6.07, 6.45) is 3.11. The lowest BCUT2D eigenvalue weighted by Crippen LogP contribution is -1.99. The number of anilines is 1. The van der Waals surface area contributed by atoms with Crippen LogP contribution >= 0.6 is 15.9 Å². The van der Waals surface area contributed by atoms with Crippen molar-refractivity contribution in [3.8, 4) is 17.1 Å². The van der Waals surface area contributed by atoms with E-state index in [9.17, 15) is 5.11 Å². The highest BCUT2D eigenvalue weighted by Crippen LogP contribution is 2.25. The molecule has 2 N–H and O–H groups in total. The number of nitrogens with zero attached hydrogens (tertiary/aromatic N) is 1. The molecule has 0 atom stereocenters. The van der Waals surface area contributed by atoms with Crippen molar-refractivity contribution in [2.75, 3.05) is 5.32 Å². The van der Waals surface area contributed by atoms with Crippen LogP contribution < -0.4 is 5.32 Å². The van der Waals surface area contributed by atoms with Gasteiger partial charge in [-0.1, -0.05) is 6.07 Å².